The number of nitrogens with two attached hydrogens (primary N) is 1. The molecule has 138 valence electrons. The minimum Gasteiger partial charge on any atom is -0.338 e. The Morgan fingerprint density at radius 3 is 2.52 bits per heavy atom. The summed E-state index contributed by atoms with van der Waals surface area (Å²) < 4.78 is 0. The van der Waals surface area contributed by atoms with Gasteiger partial charge in [0.25, 0.3) is 11.6 Å². The van der Waals surface area contributed by atoms with Crippen LogP contribution in [0.1, 0.15) is 49.5 Å². The lowest BCUT2D eigenvalue weighted by molar-refractivity contribution is -0.386. The van der Waals surface area contributed by atoms with Crippen LogP contribution in [-0.2, 0) is 5.41 Å². The highest BCUT2D eigenvalue weighted by molar-refractivity contribution is 5.95. The third-order valence-corrected chi connectivity index (χ3v) is 5.45. The number of hydrogen-bond donors (Lipinski definition) is 1. The molecule has 0 radical (unpaired) electrons. The van der Waals surface area contributed by atoms with Gasteiger partial charge in [0.2, 0.25) is 0 Å². The van der Waals surface area contributed by atoms with Crippen molar-refractivity contribution in [2.75, 3.05) is 13.1 Å². The Bertz CT molecular complexity index is 687. The molecule has 0 bridgehead atoms. The molecule has 2 N–H and O–H groups in total. The van der Waals surface area contributed by atoms with Crippen molar-refractivity contribution in [2.45, 2.75) is 45.1 Å². The predicted molar refractivity (Wildman–Crippen MR) is 99.1 cm³/mol. The number of halogens is 1. The molecular formula is C18H26ClN3O3. The molecule has 2 aliphatic rings. The van der Waals surface area contributed by atoms with Crippen LogP contribution in [0.3, 0.4) is 0 Å². The molecular weight excluding hydrogens is 342 g/mol. The van der Waals surface area contributed by atoms with E-state index in [2.05, 4.69) is 0 Å². The third kappa shape index (κ3) is 3.65. The number of benzene rings is 1. The van der Waals surface area contributed by atoms with Crippen molar-refractivity contribution < 1.29 is 9.72 Å². The second-order valence-electron chi connectivity index (χ2n) is 8.11. The minimum absolute atomic E-state index is 0. The summed E-state index contributed by atoms with van der Waals surface area (Å²) in [7, 11) is 0. The standard InChI is InChI=1S/C18H25N3O3.ClH/c1-18(2,3)14-6-4-11(8-16(14)21(23)24)17(22)20-9-12-5-7-15(19)13(12)10-20;/h4,6,8,12-13,15H,5,7,9-10,19H2,1-3H3;1H. The third-order valence-electron chi connectivity index (χ3n) is 5.45. The van der Waals surface area contributed by atoms with Gasteiger partial charge in [0.1, 0.15) is 0 Å². The molecule has 1 aromatic rings. The van der Waals surface area contributed by atoms with Gasteiger partial charge in [-0.15, -0.1) is 12.4 Å². The fourth-order valence-corrected chi connectivity index (χ4v) is 4.11. The number of hydrogen-bond acceptors (Lipinski definition) is 4. The molecule has 0 aromatic heterocycles. The van der Waals surface area contributed by atoms with E-state index in [9.17, 15) is 14.9 Å². The Labute approximate surface area is 154 Å². The summed E-state index contributed by atoms with van der Waals surface area (Å²) in [5.41, 5.74) is 6.83. The number of rotatable bonds is 2. The van der Waals surface area contributed by atoms with Crippen LogP contribution in [0, 0.1) is 22.0 Å². The molecule has 25 heavy (non-hydrogen) atoms. The zero-order chi connectivity index (χ0) is 17.6. The highest BCUT2D eigenvalue weighted by Crippen LogP contribution is 2.38. The molecule has 1 aromatic carbocycles. The van der Waals surface area contributed by atoms with Crippen molar-refractivity contribution in [3.8, 4) is 0 Å². The molecule has 1 aliphatic carbocycles. The van der Waals surface area contributed by atoms with Gasteiger partial charge in [-0.2, -0.15) is 0 Å². The SMILES string of the molecule is CC(C)(C)c1ccc(C(=O)N2CC3CCC(N)C3C2)cc1[N+](=O)[O-].Cl. The number of amides is 1. The number of fused-ring (bicyclic) bond motifs is 1. The number of likely N-dealkylation sites (tertiary alicyclic amines) is 1. The normalized spacial score (nSPS) is 25.4. The second-order valence-corrected chi connectivity index (χ2v) is 8.11. The van der Waals surface area contributed by atoms with E-state index in [1.54, 1.807) is 12.1 Å². The first-order chi connectivity index (χ1) is 11.2. The molecule has 1 aliphatic heterocycles. The van der Waals surface area contributed by atoms with Gasteiger partial charge >= 0.3 is 0 Å². The molecule has 3 rings (SSSR count). The van der Waals surface area contributed by atoms with E-state index < -0.39 is 4.92 Å². The van der Waals surface area contributed by atoms with Crippen LogP contribution in [0.25, 0.3) is 0 Å². The van der Waals surface area contributed by atoms with E-state index in [1.807, 2.05) is 25.7 Å². The summed E-state index contributed by atoms with van der Waals surface area (Å²) in [5.74, 6) is 0.728. The highest BCUT2D eigenvalue weighted by Gasteiger charge is 2.42. The maximum Gasteiger partial charge on any atom is 0.273 e. The Balaban J connectivity index is 0.00000225. The van der Waals surface area contributed by atoms with Crippen molar-refractivity contribution in [1.82, 2.24) is 4.90 Å². The molecule has 7 heteroatoms. The number of nitro benzene ring substituents is 1. The van der Waals surface area contributed by atoms with Gasteiger partial charge in [0.15, 0.2) is 0 Å². The smallest absolute Gasteiger partial charge is 0.273 e. The van der Waals surface area contributed by atoms with Gasteiger partial charge in [-0.1, -0.05) is 26.8 Å². The number of nitrogens with zero attached hydrogens (tertiary/aromatic N) is 2. The van der Waals surface area contributed by atoms with E-state index in [0.717, 1.165) is 12.8 Å². The van der Waals surface area contributed by atoms with E-state index in [-0.39, 0.29) is 35.5 Å². The molecule has 0 spiro atoms. The Morgan fingerprint density at radius 2 is 1.96 bits per heavy atom. The molecule has 1 amide bonds. The van der Waals surface area contributed by atoms with Gasteiger partial charge in [-0.3, -0.25) is 14.9 Å². The fraction of sp³-hybridized carbons (Fsp3) is 0.611. The van der Waals surface area contributed by atoms with Crippen molar-refractivity contribution in [2.24, 2.45) is 17.6 Å². The lowest BCUT2D eigenvalue weighted by Crippen LogP contribution is -2.33. The zero-order valence-corrected chi connectivity index (χ0v) is 15.7. The van der Waals surface area contributed by atoms with Gasteiger partial charge in [0.05, 0.1) is 4.92 Å². The van der Waals surface area contributed by atoms with Crippen LogP contribution in [-0.4, -0.2) is 34.9 Å². The lowest BCUT2D eigenvalue weighted by Gasteiger charge is -2.21. The largest absolute Gasteiger partial charge is 0.338 e. The van der Waals surface area contributed by atoms with Gasteiger partial charge in [-0.05, 0) is 36.2 Å². The Hall–Kier alpha value is -1.66. The Kier molecular flexibility index (Phi) is 5.44. The van der Waals surface area contributed by atoms with Crippen LogP contribution in [0.2, 0.25) is 0 Å². The molecule has 2 fully saturated rings. The summed E-state index contributed by atoms with van der Waals surface area (Å²) in [6.07, 6.45) is 2.10. The molecule has 3 atom stereocenters. The molecule has 6 nitrogen and oxygen atoms in total. The van der Waals surface area contributed by atoms with Gasteiger partial charge in [0, 0.05) is 36.3 Å². The second kappa shape index (κ2) is 6.92. The van der Waals surface area contributed by atoms with Crippen LogP contribution < -0.4 is 5.73 Å². The first kappa shape index (κ1) is 19.7. The van der Waals surface area contributed by atoms with E-state index in [1.165, 1.54) is 6.07 Å². The summed E-state index contributed by atoms with van der Waals surface area (Å²) in [4.78, 5) is 25.6. The van der Waals surface area contributed by atoms with Crippen molar-refractivity contribution >= 4 is 24.0 Å². The zero-order valence-electron chi connectivity index (χ0n) is 14.9. The monoisotopic (exact) mass is 367 g/mol. The minimum atomic E-state index is -0.397. The van der Waals surface area contributed by atoms with Gasteiger partial charge < -0.3 is 10.6 Å². The van der Waals surface area contributed by atoms with Crippen molar-refractivity contribution in [3.63, 3.8) is 0 Å². The van der Waals surface area contributed by atoms with E-state index >= 15 is 0 Å². The number of carbonyl (C=O) groups is 1. The maximum atomic E-state index is 12.8. The average Bonchev–Trinajstić information content (AvgIpc) is 3.07. The molecule has 1 saturated carbocycles. The van der Waals surface area contributed by atoms with Crippen molar-refractivity contribution in [1.29, 1.82) is 0 Å². The molecule has 1 saturated heterocycles. The number of nitro groups is 1. The van der Waals surface area contributed by atoms with Crippen LogP contribution >= 0.6 is 12.4 Å². The summed E-state index contributed by atoms with van der Waals surface area (Å²) in [5, 5.41) is 11.4. The Morgan fingerprint density at radius 1 is 1.28 bits per heavy atom. The van der Waals surface area contributed by atoms with Crippen molar-refractivity contribution in [3.05, 3.63) is 39.4 Å². The fourth-order valence-electron chi connectivity index (χ4n) is 4.11. The summed E-state index contributed by atoms with van der Waals surface area (Å²) >= 11 is 0. The van der Waals surface area contributed by atoms with Crippen LogP contribution in [0.4, 0.5) is 5.69 Å². The van der Waals surface area contributed by atoms with Crippen LogP contribution in [0.15, 0.2) is 18.2 Å². The molecule has 1 heterocycles. The lowest BCUT2D eigenvalue weighted by atomic mass is 9.85. The van der Waals surface area contributed by atoms with Crippen LogP contribution in [0.5, 0.6) is 0 Å². The highest BCUT2D eigenvalue weighted by atomic mass is 35.5. The first-order valence-electron chi connectivity index (χ1n) is 8.52. The summed E-state index contributed by atoms with van der Waals surface area (Å²) in [6.45, 7) is 7.17. The first-order valence-corrected chi connectivity index (χ1v) is 8.52. The van der Waals surface area contributed by atoms with E-state index in [4.69, 9.17) is 5.73 Å². The molecule has 3 unspecified atom stereocenters. The summed E-state index contributed by atoms with van der Waals surface area (Å²) in [6, 6.07) is 5.03. The predicted octanol–water partition coefficient (Wildman–Crippen LogP) is 3.12. The average molecular weight is 368 g/mol. The quantitative estimate of drug-likeness (QED) is 0.642. The van der Waals surface area contributed by atoms with E-state index in [0.29, 0.717) is 36.1 Å². The number of carbonyl (C=O) groups excluding carboxylic acids is 1. The maximum absolute atomic E-state index is 12.8. The topological polar surface area (TPSA) is 89.5 Å². The van der Waals surface area contributed by atoms with Gasteiger partial charge in [-0.25, -0.2) is 0 Å².